The molecule has 7 nitrogen and oxygen atoms in total. The van der Waals surface area contributed by atoms with Crippen LogP contribution in [0.1, 0.15) is 65.8 Å². The number of carbonyl (C=O) groups excluding carboxylic acids is 2. The normalized spacial score (nSPS) is 12.7. The molecule has 1 unspecified atom stereocenters. The number of halogens is 1. The molecule has 174 valence electrons. The van der Waals surface area contributed by atoms with Gasteiger partial charge in [-0.15, -0.1) is 0 Å². The maximum atomic E-state index is 13.6. The lowest BCUT2D eigenvalue weighted by atomic mass is 10.1. The van der Waals surface area contributed by atoms with Gasteiger partial charge < -0.3 is 14.2 Å². The van der Waals surface area contributed by atoms with Crippen molar-refractivity contribution in [2.75, 3.05) is 4.90 Å². The van der Waals surface area contributed by atoms with Crippen LogP contribution in [-0.4, -0.2) is 28.4 Å². The number of rotatable bonds is 4. The van der Waals surface area contributed by atoms with E-state index in [0.29, 0.717) is 17.0 Å². The molecule has 0 N–H and O–H groups in total. The number of benzene rings is 1. The second-order valence-corrected chi connectivity index (χ2v) is 9.41. The van der Waals surface area contributed by atoms with Crippen LogP contribution in [0.5, 0.6) is 5.75 Å². The first-order chi connectivity index (χ1) is 14.6. The number of pyridine rings is 1. The van der Waals surface area contributed by atoms with Crippen molar-refractivity contribution < 1.29 is 28.2 Å². The van der Waals surface area contributed by atoms with Gasteiger partial charge in [0.1, 0.15) is 28.9 Å². The zero-order chi connectivity index (χ0) is 24.3. The fourth-order valence-corrected chi connectivity index (χ4v) is 2.71. The number of aromatic nitrogens is 1. The van der Waals surface area contributed by atoms with Crippen LogP contribution in [0.4, 0.5) is 19.8 Å². The molecule has 0 aliphatic rings. The number of hydrogen-bond acceptors (Lipinski definition) is 6. The Labute approximate surface area is 188 Å². The third kappa shape index (κ3) is 7.51. The lowest BCUT2D eigenvalue weighted by Crippen LogP contribution is -2.44. The molecule has 0 spiro atoms. The highest BCUT2D eigenvalue weighted by Gasteiger charge is 2.34. The van der Waals surface area contributed by atoms with Crippen molar-refractivity contribution in [1.82, 2.24) is 4.98 Å². The van der Waals surface area contributed by atoms with Crippen LogP contribution in [0.15, 0.2) is 36.4 Å². The van der Waals surface area contributed by atoms with Crippen LogP contribution >= 0.6 is 0 Å². The molecular weight excluding hydrogens is 415 g/mol. The molecule has 0 aliphatic heterocycles. The van der Waals surface area contributed by atoms with E-state index < -0.39 is 29.5 Å². The Bertz CT molecular complexity index is 951. The molecule has 0 radical (unpaired) electrons. The second kappa shape index (κ2) is 9.54. The molecular formula is C24H31FN2O5. The van der Waals surface area contributed by atoms with Gasteiger partial charge >= 0.3 is 12.2 Å². The highest BCUT2D eigenvalue weighted by Crippen LogP contribution is 2.28. The zero-order valence-electron chi connectivity index (χ0n) is 19.9. The Hall–Kier alpha value is -3.16. The van der Waals surface area contributed by atoms with Gasteiger partial charge in [-0.05, 0) is 73.1 Å². The predicted octanol–water partition coefficient (Wildman–Crippen LogP) is 6.35. The Morgan fingerprint density at radius 2 is 1.53 bits per heavy atom. The van der Waals surface area contributed by atoms with Crippen molar-refractivity contribution in [3.8, 4) is 5.75 Å². The number of imide groups is 1. The van der Waals surface area contributed by atoms with Crippen molar-refractivity contribution >= 4 is 18.0 Å². The molecule has 2 rings (SSSR count). The number of ether oxygens (including phenoxy) is 3. The number of carbonyl (C=O) groups is 2. The Morgan fingerprint density at radius 3 is 2.03 bits per heavy atom. The molecule has 0 bridgehead atoms. The lowest BCUT2D eigenvalue weighted by molar-refractivity contribution is 0.0429. The summed E-state index contributed by atoms with van der Waals surface area (Å²) >= 11 is 0. The third-order valence-electron chi connectivity index (χ3n) is 3.93. The molecule has 1 aromatic carbocycles. The third-order valence-corrected chi connectivity index (χ3v) is 3.93. The van der Waals surface area contributed by atoms with Gasteiger partial charge in [0.05, 0.1) is 0 Å². The molecule has 2 aromatic rings. The van der Waals surface area contributed by atoms with Gasteiger partial charge in [-0.25, -0.2) is 19.0 Å². The molecule has 1 aromatic heterocycles. The van der Waals surface area contributed by atoms with Gasteiger partial charge in [0.25, 0.3) is 0 Å². The van der Waals surface area contributed by atoms with E-state index in [-0.39, 0.29) is 11.6 Å². The number of amides is 2. The Morgan fingerprint density at radius 1 is 0.969 bits per heavy atom. The first-order valence-electron chi connectivity index (χ1n) is 10.3. The van der Waals surface area contributed by atoms with Crippen molar-refractivity contribution in [2.45, 2.75) is 72.7 Å². The minimum atomic E-state index is -0.922. The smallest absolute Gasteiger partial charge is 0.425 e. The maximum absolute atomic E-state index is 13.6. The van der Waals surface area contributed by atoms with Crippen LogP contribution in [0, 0.1) is 12.7 Å². The van der Waals surface area contributed by atoms with Crippen LogP contribution in [0.3, 0.4) is 0 Å². The minimum absolute atomic E-state index is 0.00468. The quantitative estimate of drug-likeness (QED) is 0.545. The van der Waals surface area contributed by atoms with Crippen molar-refractivity contribution in [3.63, 3.8) is 0 Å². The molecule has 2 amide bonds. The number of nitrogens with zero attached hydrogens (tertiary/aromatic N) is 2. The van der Waals surface area contributed by atoms with Crippen LogP contribution in [0.2, 0.25) is 0 Å². The Balaban J connectivity index is 2.41. The topological polar surface area (TPSA) is 78.0 Å². The summed E-state index contributed by atoms with van der Waals surface area (Å²) in [4.78, 5) is 30.8. The number of aryl methyl sites for hydroxylation is 1. The van der Waals surface area contributed by atoms with E-state index in [1.165, 1.54) is 18.2 Å². The summed E-state index contributed by atoms with van der Waals surface area (Å²) < 4.78 is 30.3. The highest BCUT2D eigenvalue weighted by molar-refractivity contribution is 6.08. The van der Waals surface area contributed by atoms with E-state index in [4.69, 9.17) is 14.2 Å². The van der Waals surface area contributed by atoms with Gasteiger partial charge in [-0.3, -0.25) is 0 Å². The zero-order valence-corrected chi connectivity index (χ0v) is 19.9. The van der Waals surface area contributed by atoms with Crippen LogP contribution in [-0.2, 0) is 9.47 Å². The Kier molecular flexibility index (Phi) is 7.49. The lowest BCUT2D eigenvalue weighted by Gasteiger charge is -2.28. The van der Waals surface area contributed by atoms with Crippen LogP contribution < -0.4 is 9.64 Å². The summed E-state index contributed by atoms with van der Waals surface area (Å²) in [6.07, 6.45) is -2.33. The number of hydrogen-bond donors (Lipinski definition) is 0. The van der Waals surface area contributed by atoms with Gasteiger partial charge in [0, 0.05) is 17.8 Å². The van der Waals surface area contributed by atoms with E-state index in [2.05, 4.69) is 4.98 Å². The average molecular weight is 447 g/mol. The van der Waals surface area contributed by atoms with Crippen molar-refractivity contribution in [2.24, 2.45) is 0 Å². The molecule has 0 saturated carbocycles. The maximum Gasteiger partial charge on any atom is 0.425 e. The monoisotopic (exact) mass is 446 g/mol. The predicted molar refractivity (Wildman–Crippen MR) is 119 cm³/mol. The van der Waals surface area contributed by atoms with Crippen LogP contribution in [0.25, 0.3) is 0 Å². The van der Waals surface area contributed by atoms with E-state index in [1.807, 2.05) is 0 Å². The first-order valence-corrected chi connectivity index (χ1v) is 10.3. The SMILES string of the molecule is Cc1cc(OC(C)c2cccc(F)c2)cc(N(C(=O)OC(C)(C)C)C(=O)OC(C)(C)C)n1. The summed E-state index contributed by atoms with van der Waals surface area (Å²) in [6.45, 7) is 13.6. The van der Waals surface area contributed by atoms with Gasteiger partial charge in [0.2, 0.25) is 0 Å². The van der Waals surface area contributed by atoms with Gasteiger partial charge in [0.15, 0.2) is 5.82 Å². The molecule has 1 heterocycles. The van der Waals surface area contributed by atoms with E-state index in [1.54, 1.807) is 73.6 Å². The highest BCUT2D eigenvalue weighted by atomic mass is 19.1. The molecule has 32 heavy (non-hydrogen) atoms. The van der Waals surface area contributed by atoms with Crippen molar-refractivity contribution in [1.29, 1.82) is 0 Å². The fourth-order valence-electron chi connectivity index (χ4n) is 2.71. The molecule has 0 saturated heterocycles. The van der Waals surface area contributed by atoms with Crippen molar-refractivity contribution in [3.05, 3.63) is 53.5 Å². The van der Waals surface area contributed by atoms with E-state index in [0.717, 1.165) is 4.90 Å². The summed E-state index contributed by atoms with van der Waals surface area (Å²) in [6, 6.07) is 9.17. The summed E-state index contributed by atoms with van der Waals surface area (Å²) in [5.74, 6) is -0.0260. The molecule has 0 aliphatic carbocycles. The first kappa shape index (κ1) is 25.1. The molecule has 0 fully saturated rings. The molecule has 1 atom stereocenters. The minimum Gasteiger partial charge on any atom is -0.486 e. The van der Waals surface area contributed by atoms with E-state index >= 15 is 0 Å². The number of anilines is 1. The summed E-state index contributed by atoms with van der Waals surface area (Å²) in [5.41, 5.74) is -0.545. The summed E-state index contributed by atoms with van der Waals surface area (Å²) in [7, 11) is 0. The largest absolute Gasteiger partial charge is 0.486 e. The molecule has 8 heteroatoms. The van der Waals surface area contributed by atoms with E-state index in [9.17, 15) is 14.0 Å². The fraction of sp³-hybridized carbons (Fsp3) is 0.458. The van der Waals surface area contributed by atoms with Gasteiger partial charge in [-0.1, -0.05) is 12.1 Å². The average Bonchev–Trinajstić information content (AvgIpc) is 2.58. The summed E-state index contributed by atoms with van der Waals surface area (Å²) in [5, 5.41) is 0. The van der Waals surface area contributed by atoms with Gasteiger partial charge in [-0.2, -0.15) is 4.90 Å². The standard InChI is InChI=1S/C24H31FN2O5/c1-15-12-19(30-16(2)17-10-9-11-18(25)13-17)14-20(26-15)27(21(28)31-23(3,4)5)22(29)32-24(6,7)8/h9-14,16H,1-8H3. The second-order valence-electron chi connectivity index (χ2n) is 9.41.